The topological polar surface area (TPSA) is 38.5 Å². The number of nitrogens with zero attached hydrogens (tertiary/aromatic N) is 1. The molecule has 1 aromatic rings. The van der Waals surface area contributed by atoms with E-state index in [-0.39, 0.29) is 12.1 Å². The van der Waals surface area contributed by atoms with Gasteiger partial charge in [-0.25, -0.2) is 0 Å². The molecule has 0 saturated heterocycles. The average molecular weight is 242 g/mol. The van der Waals surface area contributed by atoms with E-state index < -0.39 is 0 Å². The monoisotopic (exact) mass is 242 g/mol. The van der Waals surface area contributed by atoms with Gasteiger partial charge in [0.05, 0.1) is 12.6 Å². The van der Waals surface area contributed by atoms with Crippen molar-refractivity contribution in [3.05, 3.63) is 22.4 Å². The van der Waals surface area contributed by atoms with Crippen LogP contribution in [-0.2, 0) is 4.74 Å². The zero-order valence-electron chi connectivity index (χ0n) is 10.3. The van der Waals surface area contributed by atoms with Crippen molar-refractivity contribution < 1.29 is 4.74 Å². The van der Waals surface area contributed by atoms with Crippen molar-refractivity contribution in [3.63, 3.8) is 0 Å². The van der Waals surface area contributed by atoms with Crippen LogP contribution in [0.4, 0.5) is 0 Å². The van der Waals surface area contributed by atoms with E-state index in [2.05, 4.69) is 35.7 Å². The Bertz CT molecular complexity index is 275. The molecule has 4 heteroatoms. The van der Waals surface area contributed by atoms with Crippen LogP contribution in [0.5, 0.6) is 0 Å². The number of hydrogen-bond acceptors (Lipinski definition) is 4. The summed E-state index contributed by atoms with van der Waals surface area (Å²) in [5.74, 6) is 0. The van der Waals surface area contributed by atoms with E-state index in [0.29, 0.717) is 0 Å². The maximum Gasteiger partial charge on any atom is 0.0593 e. The van der Waals surface area contributed by atoms with Crippen LogP contribution in [0.3, 0.4) is 0 Å². The second-order valence-electron chi connectivity index (χ2n) is 4.04. The van der Waals surface area contributed by atoms with E-state index in [1.54, 1.807) is 11.3 Å². The van der Waals surface area contributed by atoms with Crippen LogP contribution in [0.15, 0.2) is 16.8 Å². The number of thiophene rings is 1. The van der Waals surface area contributed by atoms with Crippen molar-refractivity contribution in [2.45, 2.75) is 25.9 Å². The molecule has 0 amide bonds. The highest BCUT2D eigenvalue weighted by Crippen LogP contribution is 2.23. The lowest BCUT2D eigenvalue weighted by Gasteiger charge is -2.30. The fraction of sp³-hybridized carbons (Fsp3) is 0.667. The molecule has 0 bridgehead atoms. The Balaban J connectivity index is 2.56. The second kappa shape index (κ2) is 7.01. The molecule has 0 aromatic carbocycles. The van der Waals surface area contributed by atoms with Gasteiger partial charge >= 0.3 is 0 Å². The number of ether oxygens (including phenoxy) is 1. The van der Waals surface area contributed by atoms with Crippen LogP contribution in [0.2, 0.25) is 0 Å². The molecule has 0 saturated carbocycles. The maximum atomic E-state index is 6.06. The third-order valence-electron chi connectivity index (χ3n) is 2.65. The molecule has 0 aliphatic heterocycles. The third-order valence-corrected chi connectivity index (χ3v) is 3.35. The number of rotatable bonds is 7. The number of likely N-dealkylation sites (N-methyl/N-ethyl adjacent to an activating group) is 1. The van der Waals surface area contributed by atoms with E-state index in [4.69, 9.17) is 10.5 Å². The molecule has 16 heavy (non-hydrogen) atoms. The summed E-state index contributed by atoms with van der Waals surface area (Å²) in [6.07, 6.45) is 0. The van der Waals surface area contributed by atoms with E-state index in [1.807, 2.05) is 6.92 Å². The van der Waals surface area contributed by atoms with Crippen LogP contribution in [0.1, 0.15) is 25.5 Å². The predicted octanol–water partition coefficient (Wildman–Crippen LogP) is 2.10. The van der Waals surface area contributed by atoms with E-state index in [1.165, 1.54) is 5.56 Å². The van der Waals surface area contributed by atoms with E-state index in [9.17, 15) is 0 Å². The van der Waals surface area contributed by atoms with Gasteiger partial charge in [0.15, 0.2) is 0 Å². The Hall–Kier alpha value is -0.420. The lowest BCUT2D eigenvalue weighted by atomic mass is 10.0. The average Bonchev–Trinajstić information content (AvgIpc) is 2.71. The summed E-state index contributed by atoms with van der Waals surface area (Å²) < 4.78 is 5.37. The van der Waals surface area contributed by atoms with Gasteiger partial charge in [0.25, 0.3) is 0 Å². The fourth-order valence-electron chi connectivity index (χ4n) is 1.89. The smallest absolute Gasteiger partial charge is 0.0593 e. The summed E-state index contributed by atoms with van der Waals surface area (Å²) in [5.41, 5.74) is 7.36. The molecule has 0 radical (unpaired) electrons. The van der Waals surface area contributed by atoms with E-state index >= 15 is 0 Å². The molecule has 0 spiro atoms. The number of nitrogens with two attached hydrogens (primary N) is 1. The number of hydrogen-bond donors (Lipinski definition) is 1. The molecular formula is C12H22N2OS. The Morgan fingerprint density at radius 1 is 1.56 bits per heavy atom. The predicted molar refractivity (Wildman–Crippen MR) is 69.8 cm³/mol. The standard InChI is InChI=1S/C12H22N2OS/c1-4-15-7-6-14(3)12(10(2)13)11-5-8-16-9-11/h5,8-10,12H,4,6-7,13H2,1-3H3. The van der Waals surface area contributed by atoms with Gasteiger partial charge in [-0.3, -0.25) is 4.90 Å². The largest absolute Gasteiger partial charge is 0.380 e. The molecule has 2 atom stereocenters. The lowest BCUT2D eigenvalue weighted by Crippen LogP contribution is -2.38. The first-order valence-electron chi connectivity index (χ1n) is 5.72. The quantitative estimate of drug-likeness (QED) is 0.744. The van der Waals surface area contributed by atoms with Crippen LogP contribution >= 0.6 is 11.3 Å². The molecular weight excluding hydrogens is 220 g/mol. The molecule has 0 aliphatic rings. The molecule has 2 unspecified atom stereocenters. The van der Waals surface area contributed by atoms with Gasteiger partial charge in [0, 0.05) is 19.2 Å². The summed E-state index contributed by atoms with van der Waals surface area (Å²) >= 11 is 1.72. The van der Waals surface area contributed by atoms with Crippen LogP contribution < -0.4 is 5.73 Å². The van der Waals surface area contributed by atoms with Gasteiger partial charge in [-0.2, -0.15) is 11.3 Å². The van der Waals surface area contributed by atoms with Crippen molar-refractivity contribution in [2.24, 2.45) is 5.73 Å². The van der Waals surface area contributed by atoms with E-state index in [0.717, 1.165) is 19.8 Å². The first kappa shape index (κ1) is 13.6. The Morgan fingerprint density at radius 2 is 2.31 bits per heavy atom. The Kier molecular flexibility index (Phi) is 5.98. The molecule has 1 heterocycles. The highest BCUT2D eigenvalue weighted by Gasteiger charge is 2.21. The third kappa shape index (κ3) is 3.87. The maximum absolute atomic E-state index is 6.06. The van der Waals surface area contributed by atoms with Gasteiger partial charge < -0.3 is 10.5 Å². The molecule has 2 N–H and O–H groups in total. The second-order valence-corrected chi connectivity index (χ2v) is 4.82. The van der Waals surface area contributed by atoms with Gasteiger partial charge in [0.1, 0.15) is 0 Å². The van der Waals surface area contributed by atoms with Crippen LogP contribution in [0, 0.1) is 0 Å². The molecule has 0 fully saturated rings. The van der Waals surface area contributed by atoms with Crippen molar-refractivity contribution in [2.75, 3.05) is 26.8 Å². The zero-order valence-corrected chi connectivity index (χ0v) is 11.2. The Morgan fingerprint density at radius 3 is 2.81 bits per heavy atom. The van der Waals surface area contributed by atoms with Crippen LogP contribution in [-0.4, -0.2) is 37.7 Å². The van der Waals surface area contributed by atoms with Gasteiger partial charge in [-0.15, -0.1) is 0 Å². The van der Waals surface area contributed by atoms with Crippen molar-refractivity contribution in [3.8, 4) is 0 Å². The Labute approximate surface area is 102 Å². The van der Waals surface area contributed by atoms with Gasteiger partial charge in [-0.1, -0.05) is 0 Å². The van der Waals surface area contributed by atoms with Gasteiger partial charge in [-0.05, 0) is 43.3 Å². The van der Waals surface area contributed by atoms with Crippen molar-refractivity contribution in [1.29, 1.82) is 0 Å². The molecule has 0 aliphatic carbocycles. The normalized spacial score (nSPS) is 15.3. The summed E-state index contributed by atoms with van der Waals surface area (Å²) in [6.45, 7) is 6.52. The lowest BCUT2D eigenvalue weighted by molar-refractivity contribution is 0.102. The van der Waals surface area contributed by atoms with Crippen molar-refractivity contribution in [1.82, 2.24) is 4.90 Å². The summed E-state index contributed by atoms with van der Waals surface area (Å²) in [7, 11) is 2.10. The fourth-order valence-corrected chi connectivity index (χ4v) is 2.58. The molecule has 92 valence electrons. The SMILES string of the molecule is CCOCCN(C)C(c1ccsc1)C(C)N. The molecule has 3 nitrogen and oxygen atoms in total. The first-order valence-corrected chi connectivity index (χ1v) is 6.66. The first-order chi connectivity index (χ1) is 7.66. The minimum absolute atomic E-state index is 0.126. The minimum atomic E-state index is 0.126. The highest BCUT2D eigenvalue weighted by molar-refractivity contribution is 7.07. The molecule has 1 rings (SSSR count). The summed E-state index contributed by atoms with van der Waals surface area (Å²) in [5, 5.41) is 4.27. The zero-order chi connectivity index (χ0) is 12.0. The van der Waals surface area contributed by atoms with Crippen LogP contribution in [0.25, 0.3) is 0 Å². The van der Waals surface area contributed by atoms with Gasteiger partial charge in [0.2, 0.25) is 0 Å². The molecule has 1 aromatic heterocycles. The minimum Gasteiger partial charge on any atom is -0.380 e. The summed E-state index contributed by atoms with van der Waals surface area (Å²) in [4.78, 5) is 2.27. The summed E-state index contributed by atoms with van der Waals surface area (Å²) in [6, 6.07) is 2.56. The van der Waals surface area contributed by atoms with Crippen molar-refractivity contribution >= 4 is 11.3 Å². The highest BCUT2D eigenvalue weighted by atomic mass is 32.1.